The second-order valence-electron chi connectivity index (χ2n) is 5.72. The van der Waals surface area contributed by atoms with Crippen molar-refractivity contribution in [1.29, 1.82) is 0 Å². The highest BCUT2D eigenvalue weighted by molar-refractivity contribution is 7.99. The van der Waals surface area contributed by atoms with Crippen LogP contribution in [0.5, 0.6) is 5.75 Å². The van der Waals surface area contributed by atoms with Gasteiger partial charge in [-0.15, -0.1) is 0 Å². The molecule has 5 nitrogen and oxygen atoms in total. The number of methoxy groups -OCH3 is 1. The number of carbonyl (C=O) groups is 2. The van der Waals surface area contributed by atoms with Gasteiger partial charge in [-0.3, -0.25) is 4.79 Å². The van der Waals surface area contributed by atoms with Crippen molar-refractivity contribution in [2.75, 3.05) is 12.8 Å². The molecule has 0 aliphatic heterocycles. The Morgan fingerprint density at radius 2 is 1.56 bits per heavy atom. The molecule has 0 saturated heterocycles. The van der Waals surface area contributed by atoms with Gasteiger partial charge in [0.2, 0.25) is 0 Å². The molecule has 0 aromatic heterocycles. The van der Waals surface area contributed by atoms with Gasteiger partial charge in [-0.05, 0) is 36.4 Å². The number of hydrogen-bond acceptors (Lipinski definition) is 6. The molecule has 0 bridgehead atoms. The number of rotatable bonds is 5. The second-order valence-corrected chi connectivity index (χ2v) is 6.87. The van der Waals surface area contributed by atoms with Gasteiger partial charge in [0.25, 0.3) is 0 Å². The van der Waals surface area contributed by atoms with Crippen LogP contribution in [0, 0.1) is 0 Å². The molecule has 3 aromatic carbocycles. The number of anilines is 1. The fourth-order valence-corrected chi connectivity index (χ4v) is 3.45. The number of phenols is 1. The minimum Gasteiger partial charge on any atom is -0.505 e. The molecule has 0 spiro atoms. The molecule has 3 N–H and O–H groups in total. The number of esters is 1. The van der Waals surface area contributed by atoms with E-state index in [0.717, 1.165) is 9.79 Å². The van der Waals surface area contributed by atoms with E-state index in [4.69, 9.17) is 5.73 Å². The Morgan fingerprint density at radius 3 is 2.19 bits per heavy atom. The molecule has 3 aromatic rings. The van der Waals surface area contributed by atoms with Crippen LogP contribution in [0.4, 0.5) is 5.69 Å². The highest BCUT2D eigenvalue weighted by atomic mass is 32.2. The number of benzene rings is 3. The fraction of sp³-hybridized carbons (Fsp3) is 0.0476. The summed E-state index contributed by atoms with van der Waals surface area (Å²) in [5.41, 5.74) is 6.81. The van der Waals surface area contributed by atoms with E-state index in [1.165, 1.54) is 43.1 Å². The van der Waals surface area contributed by atoms with Crippen molar-refractivity contribution >= 4 is 29.2 Å². The topological polar surface area (TPSA) is 89.6 Å². The average molecular weight is 379 g/mol. The predicted molar refractivity (Wildman–Crippen MR) is 104 cm³/mol. The van der Waals surface area contributed by atoms with Gasteiger partial charge in [-0.2, -0.15) is 0 Å². The molecule has 0 aliphatic rings. The zero-order valence-electron chi connectivity index (χ0n) is 14.5. The van der Waals surface area contributed by atoms with Crippen molar-refractivity contribution in [3.8, 4) is 5.75 Å². The van der Waals surface area contributed by atoms with Gasteiger partial charge >= 0.3 is 5.97 Å². The van der Waals surface area contributed by atoms with E-state index in [9.17, 15) is 14.7 Å². The maximum atomic E-state index is 12.8. The normalized spacial score (nSPS) is 10.4. The van der Waals surface area contributed by atoms with Gasteiger partial charge < -0.3 is 15.6 Å². The van der Waals surface area contributed by atoms with Crippen LogP contribution in [-0.4, -0.2) is 24.0 Å². The zero-order chi connectivity index (χ0) is 19.4. The van der Waals surface area contributed by atoms with Crippen LogP contribution in [-0.2, 0) is 4.74 Å². The number of carbonyl (C=O) groups excluding carboxylic acids is 2. The second kappa shape index (κ2) is 7.97. The van der Waals surface area contributed by atoms with Gasteiger partial charge in [-0.1, -0.05) is 42.1 Å². The number of phenolic OH excluding ortho intramolecular Hbond substituents is 1. The Labute approximate surface area is 160 Å². The number of aromatic hydroxyl groups is 1. The average Bonchev–Trinajstić information content (AvgIpc) is 2.70. The Hall–Kier alpha value is -3.25. The van der Waals surface area contributed by atoms with Crippen molar-refractivity contribution < 1.29 is 19.4 Å². The number of hydrogen-bond donors (Lipinski definition) is 2. The Morgan fingerprint density at radius 1 is 0.926 bits per heavy atom. The van der Waals surface area contributed by atoms with Crippen molar-refractivity contribution in [3.05, 3.63) is 83.4 Å². The first-order chi connectivity index (χ1) is 13.0. The van der Waals surface area contributed by atoms with Gasteiger partial charge in [-0.25, -0.2) is 4.79 Å². The molecule has 0 fully saturated rings. The molecule has 0 unspecified atom stereocenters. The first kappa shape index (κ1) is 18.5. The third-order valence-electron chi connectivity index (χ3n) is 3.90. The number of ether oxygens (including phenoxy) is 1. The summed E-state index contributed by atoms with van der Waals surface area (Å²) in [4.78, 5) is 26.1. The summed E-state index contributed by atoms with van der Waals surface area (Å²) in [6, 6.07) is 18.9. The lowest BCUT2D eigenvalue weighted by atomic mass is 10.0. The minimum atomic E-state index is -0.484. The highest BCUT2D eigenvalue weighted by Gasteiger charge is 2.18. The zero-order valence-corrected chi connectivity index (χ0v) is 15.3. The summed E-state index contributed by atoms with van der Waals surface area (Å²) in [6.45, 7) is 0. The maximum Gasteiger partial charge on any atom is 0.337 e. The molecule has 0 saturated carbocycles. The van der Waals surface area contributed by atoms with Crippen molar-refractivity contribution in [1.82, 2.24) is 0 Å². The Bertz CT molecular complexity index is 985. The van der Waals surface area contributed by atoms with Crippen molar-refractivity contribution in [2.24, 2.45) is 0 Å². The summed E-state index contributed by atoms with van der Waals surface area (Å²) in [7, 11) is 1.29. The molecule has 0 aliphatic carbocycles. The standard InChI is InChI=1S/C21H17NO4S/c1-26-21(25)14-9-7-13(8-10-14)19(23)17-11-16(12-18(22)20(17)24)27-15-5-3-2-4-6-15/h2-12,24H,22H2,1H3. The van der Waals surface area contributed by atoms with E-state index >= 15 is 0 Å². The maximum absolute atomic E-state index is 12.8. The van der Waals surface area contributed by atoms with Crippen LogP contribution in [0.15, 0.2) is 76.5 Å². The molecule has 0 heterocycles. The van der Waals surface area contributed by atoms with Crippen molar-refractivity contribution in [3.63, 3.8) is 0 Å². The molecule has 0 amide bonds. The molecular weight excluding hydrogens is 362 g/mol. The molecule has 0 radical (unpaired) electrons. The van der Waals surface area contributed by atoms with Crippen LogP contribution in [0.1, 0.15) is 26.3 Å². The van der Waals surface area contributed by atoms with E-state index in [-0.39, 0.29) is 22.8 Å². The van der Waals surface area contributed by atoms with Crippen LogP contribution in [0.3, 0.4) is 0 Å². The van der Waals surface area contributed by atoms with Gasteiger partial charge in [0, 0.05) is 15.4 Å². The fourth-order valence-electron chi connectivity index (χ4n) is 2.52. The van der Waals surface area contributed by atoms with E-state index in [2.05, 4.69) is 4.74 Å². The van der Waals surface area contributed by atoms with Gasteiger partial charge in [0.15, 0.2) is 5.78 Å². The molecule has 27 heavy (non-hydrogen) atoms. The number of nitrogen functional groups attached to an aromatic ring is 1. The third kappa shape index (κ3) is 4.12. The summed E-state index contributed by atoms with van der Waals surface area (Å²) in [5.74, 6) is -1.12. The van der Waals surface area contributed by atoms with E-state index in [1.807, 2.05) is 30.3 Å². The largest absolute Gasteiger partial charge is 0.505 e. The first-order valence-electron chi connectivity index (χ1n) is 8.08. The quantitative estimate of drug-likeness (QED) is 0.300. The lowest BCUT2D eigenvalue weighted by Gasteiger charge is -2.10. The lowest BCUT2D eigenvalue weighted by molar-refractivity contribution is 0.0600. The molecule has 6 heteroatoms. The van der Waals surface area contributed by atoms with Crippen molar-refractivity contribution in [2.45, 2.75) is 9.79 Å². The predicted octanol–water partition coefficient (Wildman–Crippen LogP) is 4.14. The Balaban J connectivity index is 1.93. The van der Waals surface area contributed by atoms with Gasteiger partial charge in [0.1, 0.15) is 5.75 Å². The summed E-state index contributed by atoms with van der Waals surface area (Å²) in [5, 5.41) is 10.3. The summed E-state index contributed by atoms with van der Waals surface area (Å²) < 4.78 is 4.65. The highest BCUT2D eigenvalue weighted by Crippen LogP contribution is 2.36. The molecule has 0 atom stereocenters. The number of nitrogens with two attached hydrogens (primary N) is 1. The molecule has 136 valence electrons. The van der Waals surface area contributed by atoms with E-state index in [1.54, 1.807) is 12.1 Å². The lowest BCUT2D eigenvalue weighted by Crippen LogP contribution is -2.06. The van der Waals surface area contributed by atoms with E-state index in [0.29, 0.717) is 11.1 Å². The van der Waals surface area contributed by atoms with Gasteiger partial charge in [0.05, 0.1) is 23.9 Å². The summed E-state index contributed by atoms with van der Waals surface area (Å²) >= 11 is 1.44. The monoisotopic (exact) mass is 379 g/mol. The molecular formula is C21H17NO4S. The van der Waals surface area contributed by atoms with Crippen LogP contribution >= 0.6 is 11.8 Å². The number of ketones is 1. The van der Waals surface area contributed by atoms with Crippen LogP contribution in [0.2, 0.25) is 0 Å². The Kier molecular flexibility index (Phi) is 5.47. The summed E-state index contributed by atoms with van der Waals surface area (Å²) in [6.07, 6.45) is 0. The molecule has 3 rings (SSSR count). The minimum absolute atomic E-state index is 0.110. The van der Waals surface area contributed by atoms with E-state index < -0.39 is 5.97 Å². The smallest absolute Gasteiger partial charge is 0.337 e. The third-order valence-corrected chi connectivity index (χ3v) is 4.88. The van der Waals surface area contributed by atoms with Crippen LogP contribution < -0.4 is 5.73 Å². The SMILES string of the molecule is COC(=O)c1ccc(C(=O)c2cc(Sc3ccccc3)cc(N)c2O)cc1. The first-order valence-corrected chi connectivity index (χ1v) is 8.89. The van der Waals surface area contributed by atoms with Crippen LogP contribution in [0.25, 0.3) is 0 Å².